The quantitative estimate of drug-likeness (QED) is 0.914. The van der Waals surface area contributed by atoms with Gasteiger partial charge in [-0.15, -0.1) is 0 Å². The summed E-state index contributed by atoms with van der Waals surface area (Å²) in [5, 5.41) is 4.08. The maximum absolute atomic E-state index is 12.7. The number of hydrogen-bond acceptors (Lipinski definition) is 4. The van der Waals surface area contributed by atoms with Crippen LogP contribution in [0, 0.1) is 11.8 Å². The maximum Gasteiger partial charge on any atom is 0.248 e. The van der Waals surface area contributed by atoms with Crippen molar-refractivity contribution in [3.05, 3.63) is 6.20 Å². The number of nitrogens with two attached hydrogens (primary N) is 1. The number of nitrogens with zero attached hydrogens (tertiary/aromatic N) is 3. The van der Waals surface area contributed by atoms with Gasteiger partial charge < -0.3 is 5.73 Å². The normalized spacial score (nSPS) is 24.9. The number of sulfonamides is 1. The van der Waals surface area contributed by atoms with E-state index >= 15 is 0 Å². The highest BCUT2D eigenvalue weighted by molar-refractivity contribution is 7.89. The van der Waals surface area contributed by atoms with Crippen molar-refractivity contribution in [3.8, 4) is 0 Å². The minimum atomic E-state index is -3.52. The molecule has 2 heterocycles. The summed E-state index contributed by atoms with van der Waals surface area (Å²) < 4.78 is 28.5. The molecule has 114 valence electrons. The Morgan fingerprint density at radius 1 is 1.40 bits per heavy atom. The summed E-state index contributed by atoms with van der Waals surface area (Å²) in [6.45, 7) is 8.07. The molecule has 0 radical (unpaired) electrons. The highest BCUT2D eigenvalue weighted by Gasteiger charge is 2.34. The molecule has 1 aromatic rings. The van der Waals surface area contributed by atoms with Crippen molar-refractivity contribution in [3.63, 3.8) is 0 Å². The van der Waals surface area contributed by atoms with Crippen LogP contribution in [0.25, 0.3) is 0 Å². The van der Waals surface area contributed by atoms with Crippen molar-refractivity contribution in [2.75, 3.05) is 18.8 Å². The van der Waals surface area contributed by atoms with E-state index in [1.54, 1.807) is 15.2 Å². The SMILES string of the molecule is CCCn1cc(S(=O)(=O)N2CCC(C)C(C)C2)c(N)n1. The van der Waals surface area contributed by atoms with Gasteiger partial charge in [0.15, 0.2) is 5.82 Å². The molecule has 2 N–H and O–H groups in total. The molecule has 7 heteroatoms. The molecule has 1 saturated heterocycles. The zero-order valence-corrected chi connectivity index (χ0v) is 13.2. The molecule has 0 saturated carbocycles. The van der Waals surface area contributed by atoms with Gasteiger partial charge >= 0.3 is 0 Å². The second-order valence-corrected chi connectivity index (χ2v) is 7.65. The first-order chi connectivity index (χ1) is 9.36. The molecule has 2 rings (SSSR count). The van der Waals surface area contributed by atoms with Crippen LogP contribution in [0.2, 0.25) is 0 Å². The lowest BCUT2D eigenvalue weighted by Crippen LogP contribution is -2.42. The molecule has 6 nitrogen and oxygen atoms in total. The zero-order valence-electron chi connectivity index (χ0n) is 12.4. The number of aryl methyl sites for hydroxylation is 1. The van der Waals surface area contributed by atoms with Gasteiger partial charge in [-0.05, 0) is 24.7 Å². The summed E-state index contributed by atoms with van der Waals surface area (Å²) in [6.07, 6.45) is 3.33. The fourth-order valence-corrected chi connectivity index (χ4v) is 4.16. The van der Waals surface area contributed by atoms with E-state index in [-0.39, 0.29) is 10.7 Å². The minimum absolute atomic E-state index is 0.102. The first kappa shape index (κ1) is 15.3. The highest BCUT2D eigenvalue weighted by atomic mass is 32.2. The Labute approximate surface area is 121 Å². The fourth-order valence-electron chi connectivity index (χ4n) is 2.54. The molecular weight excluding hydrogens is 276 g/mol. The Hall–Kier alpha value is -1.08. The van der Waals surface area contributed by atoms with E-state index in [0.29, 0.717) is 31.5 Å². The number of nitrogen functional groups attached to an aromatic ring is 1. The van der Waals surface area contributed by atoms with Gasteiger partial charge in [-0.2, -0.15) is 9.40 Å². The smallest absolute Gasteiger partial charge is 0.248 e. The van der Waals surface area contributed by atoms with Gasteiger partial charge in [-0.1, -0.05) is 20.8 Å². The molecule has 2 unspecified atom stereocenters. The summed E-state index contributed by atoms with van der Waals surface area (Å²) in [5.41, 5.74) is 5.79. The maximum atomic E-state index is 12.7. The van der Waals surface area contributed by atoms with Crippen molar-refractivity contribution in [1.29, 1.82) is 0 Å². The number of hydrogen-bond donors (Lipinski definition) is 1. The predicted molar refractivity (Wildman–Crippen MR) is 78.6 cm³/mol. The predicted octanol–water partition coefficient (Wildman–Crippen LogP) is 1.54. The number of anilines is 1. The van der Waals surface area contributed by atoms with E-state index < -0.39 is 10.0 Å². The molecule has 1 fully saturated rings. The second-order valence-electron chi connectivity index (χ2n) is 5.75. The monoisotopic (exact) mass is 300 g/mol. The standard InChI is InChI=1S/C13H24N4O2S/c1-4-6-16-9-12(13(14)15-16)20(18,19)17-7-5-10(2)11(3)8-17/h9-11H,4-8H2,1-3H3,(H2,14,15). The van der Waals surface area contributed by atoms with Gasteiger partial charge in [-0.25, -0.2) is 8.42 Å². The van der Waals surface area contributed by atoms with Gasteiger partial charge in [0.1, 0.15) is 4.90 Å². The van der Waals surface area contributed by atoms with Gasteiger partial charge in [0.05, 0.1) is 0 Å². The van der Waals surface area contributed by atoms with Crippen molar-refractivity contribution in [2.45, 2.75) is 45.1 Å². The van der Waals surface area contributed by atoms with E-state index in [1.165, 1.54) is 0 Å². The van der Waals surface area contributed by atoms with Gasteiger partial charge in [0, 0.05) is 25.8 Å². The van der Waals surface area contributed by atoms with Gasteiger partial charge in [-0.3, -0.25) is 4.68 Å². The molecule has 1 aromatic heterocycles. The Balaban J connectivity index is 2.26. The van der Waals surface area contributed by atoms with Crippen LogP contribution in [-0.4, -0.2) is 35.6 Å². The van der Waals surface area contributed by atoms with Crippen molar-refractivity contribution in [2.24, 2.45) is 11.8 Å². The molecule has 1 aliphatic rings. The third kappa shape index (κ3) is 2.83. The molecule has 2 atom stereocenters. The fraction of sp³-hybridized carbons (Fsp3) is 0.769. The largest absolute Gasteiger partial charge is 0.381 e. The Morgan fingerprint density at radius 2 is 2.10 bits per heavy atom. The van der Waals surface area contributed by atoms with Gasteiger partial charge in [0.2, 0.25) is 10.0 Å². The Bertz CT molecular complexity index is 567. The summed E-state index contributed by atoms with van der Waals surface area (Å²) in [7, 11) is -3.52. The van der Waals surface area contributed by atoms with Crippen molar-refractivity contribution < 1.29 is 8.42 Å². The Morgan fingerprint density at radius 3 is 2.70 bits per heavy atom. The lowest BCUT2D eigenvalue weighted by molar-refractivity contribution is 0.212. The minimum Gasteiger partial charge on any atom is -0.381 e. The molecule has 0 aliphatic carbocycles. The lowest BCUT2D eigenvalue weighted by atomic mass is 9.90. The third-order valence-electron chi connectivity index (χ3n) is 4.12. The Kier molecular flexibility index (Phi) is 4.39. The molecule has 0 spiro atoms. The first-order valence-corrected chi connectivity index (χ1v) is 8.63. The average Bonchev–Trinajstić information content (AvgIpc) is 2.75. The van der Waals surface area contributed by atoms with Crippen molar-refractivity contribution >= 4 is 15.8 Å². The molecular formula is C13H24N4O2S. The molecule has 0 aromatic carbocycles. The molecule has 0 amide bonds. The van der Waals surface area contributed by atoms with E-state index in [0.717, 1.165) is 12.8 Å². The van der Waals surface area contributed by atoms with Crippen LogP contribution in [0.5, 0.6) is 0 Å². The van der Waals surface area contributed by atoms with Crippen LogP contribution in [0.15, 0.2) is 11.1 Å². The number of aromatic nitrogens is 2. The zero-order chi connectivity index (χ0) is 14.9. The summed E-state index contributed by atoms with van der Waals surface area (Å²) in [5.74, 6) is 1.02. The molecule has 1 aliphatic heterocycles. The molecule has 0 bridgehead atoms. The van der Waals surface area contributed by atoms with E-state index in [2.05, 4.69) is 18.9 Å². The van der Waals surface area contributed by atoms with Crippen molar-refractivity contribution in [1.82, 2.24) is 14.1 Å². The highest BCUT2D eigenvalue weighted by Crippen LogP contribution is 2.29. The van der Waals surface area contributed by atoms with E-state index in [1.807, 2.05) is 6.92 Å². The van der Waals surface area contributed by atoms with Gasteiger partial charge in [0.25, 0.3) is 0 Å². The van der Waals surface area contributed by atoms with Crippen LogP contribution in [-0.2, 0) is 16.6 Å². The van der Waals surface area contributed by atoms with E-state index in [4.69, 9.17) is 5.73 Å². The topological polar surface area (TPSA) is 81.2 Å². The van der Waals surface area contributed by atoms with Crippen LogP contribution < -0.4 is 5.73 Å². The summed E-state index contributed by atoms with van der Waals surface area (Å²) in [6, 6.07) is 0. The molecule has 20 heavy (non-hydrogen) atoms. The third-order valence-corrected chi connectivity index (χ3v) is 6.00. The second kappa shape index (κ2) is 5.73. The van der Waals surface area contributed by atoms with Crippen LogP contribution in [0.3, 0.4) is 0 Å². The van der Waals surface area contributed by atoms with Crippen LogP contribution in [0.4, 0.5) is 5.82 Å². The first-order valence-electron chi connectivity index (χ1n) is 7.19. The number of piperidine rings is 1. The summed E-state index contributed by atoms with van der Waals surface area (Å²) >= 11 is 0. The number of rotatable bonds is 4. The lowest BCUT2D eigenvalue weighted by Gasteiger charge is -2.34. The van der Waals surface area contributed by atoms with E-state index in [9.17, 15) is 8.42 Å². The average molecular weight is 300 g/mol. The van der Waals surface area contributed by atoms with Crippen LogP contribution in [0.1, 0.15) is 33.6 Å². The van der Waals surface area contributed by atoms with Crippen LogP contribution >= 0.6 is 0 Å². The summed E-state index contributed by atoms with van der Waals surface area (Å²) in [4.78, 5) is 0.146.